The van der Waals surface area contributed by atoms with E-state index >= 15 is 0 Å². The molecule has 2 rings (SSSR count). The number of amides is 2. The Bertz CT molecular complexity index is 874. The Morgan fingerprint density at radius 3 is 2.67 bits per heavy atom. The zero-order valence-electron chi connectivity index (χ0n) is 12.1. The van der Waals surface area contributed by atoms with Gasteiger partial charge in [-0.25, -0.2) is 10.2 Å². The standard InChI is InChI=1S/C14H12BrN5O4/c15-10-4-2-1-3-9(10)13(23)16-7-12(22)20-17-6-8-5-11(21)19-14(24)18-8/h1-6H,7H2,(H,16,23)(H,20,22)(H2,18,19,21,24). The molecule has 2 amide bonds. The van der Waals surface area contributed by atoms with E-state index in [0.717, 1.165) is 12.3 Å². The number of hydrogen-bond acceptors (Lipinski definition) is 5. The molecule has 0 unspecified atom stereocenters. The summed E-state index contributed by atoms with van der Waals surface area (Å²) in [6.07, 6.45) is 1.10. The topological polar surface area (TPSA) is 136 Å². The average Bonchev–Trinajstić information content (AvgIpc) is 2.52. The van der Waals surface area contributed by atoms with Gasteiger partial charge in [-0.05, 0) is 28.1 Å². The zero-order valence-corrected chi connectivity index (χ0v) is 13.7. The molecule has 4 N–H and O–H groups in total. The van der Waals surface area contributed by atoms with E-state index in [-0.39, 0.29) is 12.2 Å². The number of aromatic amines is 2. The van der Waals surface area contributed by atoms with Gasteiger partial charge in [0, 0.05) is 10.5 Å². The first-order chi connectivity index (χ1) is 11.5. The van der Waals surface area contributed by atoms with E-state index in [1.54, 1.807) is 24.3 Å². The Kier molecular flexibility index (Phi) is 5.79. The second-order valence-electron chi connectivity index (χ2n) is 4.50. The fourth-order valence-electron chi connectivity index (χ4n) is 1.67. The summed E-state index contributed by atoms with van der Waals surface area (Å²) in [5.74, 6) is -0.987. The number of halogens is 1. The molecule has 0 aliphatic rings. The van der Waals surface area contributed by atoms with Crippen LogP contribution in [0.4, 0.5) is 0 Å². The van der Waals surface area contributed by atoms with Crippen molar-refractivity contribution in [2.24, 2.45) is 5.10 Å². The molecule has 0 saturated carbocycles. The molecule has 0 radical (unpaired) electrons. The minimum absolute atomic E-state index is 0.126. The summed E-state index contributed by atoms with van der Waals surface area (Å²) in [5, 5.41) is 6.02. The van der Waals surface area contributed by atoms with E-state index in [1.807, 2.05) is 4.98 Å². The molecule has 0 bridgehead atoms. The number of benzene rings is 1. The van der Waals surface area contributed by atoms with Crippen LogP contribution in [-0.2, 0) is 4.79 Å². The molecule has 0 spiro atoms. The summed E-state index contributed by atoms with van der Waals surface area (Å²) in [6.45, 7) is -0.288. The molecule has 1 heterocycles. The van der Waals surface area contributed by atoms with E-state index in [0.29, 0.717) is 10.0 Å². The molecule has 0 fully saturated rings. The van der Waals surface area contributed by atoms with Gasteiger partial charge in [0.25, 0.3) is 17.4 Å². The van der Waals surface area contributed by atoms with Crippen molar-refractivity contribution in [1.82, 2.24) is 20.7 Å². The van der Waals surface area contributed by atoms with Gasteiger partial charge >= 0.3 is 5.69 Å². The van der Waals surface area contributed by atoms with E-state index in [2.05, 4.69) is 36.8 Å². The second kappa shape index (κ2) is 8.02. The number of carbonyl (C=O) groups is 2. The predicted molar refractivity (Wildman–Crippen MR) is 89.9 cm³/mol. The van der Waals surface area contributed by atoms with Crippen molar-refractivity contribution in [2.45, 2.75) is 0 Å². The summed E-state index contributed by atoms with van der Waals surface area (Å²) >= 11 is 3.24. The molecule has 0 atom stereocenters. The van der Waals surface area contributed by atoms with Crippen molar-refractivity contribution < 1.29 is 9.59 Å². The summed E-state index contributed by atoms with van der Waals surface area (Å²) in [5.41, 5.74) is 1.41. The molecule has 1 aromatic heterocycles. The molecule has 2 aromatic rings. The summed E-state index contributed by atoms with van der Waals surface area (Å²) in [4.78, 5) is 49.9. The predicted octanol–water partition coefficient (Wildman–Crippen LogP) is -0.294. The van der Waals surface area contributed by atoms with Crippen molar-refractivity contribution >= 4 is 34.0 Å². The molecular formula is C14H12BrN5O4. The molecule has 124 valence electrons. The average molecular weight is 394 g/mol. The van der Waals surface area contributed by atoms with Crippen LogP contribution in [-0.4, -0.2) is 34.5 Å². The molecule has 0 aliphatic carbocycles. The largest absolute Gasteiger partial charge is 0.343 e. The number of H-pyrrole nitrogens is 2. The number of hydrazone groups is 1. The smallest absolute Gasteiger partial charge is 0.326 e. The van der Waals surface area contributed by atoms with Gasteiger partial charge in [0.05, 0.1) is 24.0 Å². The Balaban J connectivity index is 1.86. The number of nitrogens with zero attached hydrogens (tertiary/aromatic N) is 1. The van der Waals surface area contributed by atoms with Crippen LogP contribution in [0.5, 0.6) is 0 Å². The minimum atomic E-state index is -0.684. The molecule has 0 saturated heterocycles. The van der Waals surface area contributed by atoms with E-state index < -0.39 is 23.1 Å². The van der Waals surface area contributed by atoms with Crippen LogP contribution in [0.15, 0.2) is 49.5 Å². The number of aromatic nitrogens is 2. The van der Waals surface area contributed by atoms with Crippen LogP contribution in [0.3, 0.4) is 0 Å². The van der Waals surface area contributed by atoms with E-state index in [4.69, 9.17) is 0 Å². The quantitative estimate of drug-likeness (QED) is 0.409. The highest BCUT2D eigenvalue weighted by Crippen LogP contribution is 2.15. The van der Waals surface area contributed by atoms with Crippen LogP contribution >= 0.6 is 15.9 Å². The van der Waals surface area contributed by atoms with Crippen LogP contribution in [0, 0.1) is 0 Å². The van der Waals surface area contributed by atoms with Gasteiger partial charge < -0.3 is 10.3 Å². The first kappa shape index (κ1) is 17.3. The lowest BCUT2D eigenvalue weighted by atomic mass is 10.2. The highest BCUT2D eigenvalue weighted by atomic mass is 79.9. The summed E-state index contributed by atoms with van der Waals surface area (Å²) in [7, 11) is 0. The third-order valence-electron chi connectivity index (χ3n) is 2.70. The SMILES string of the molecule is O=C(CNC(=O)c1ccccc1Br)NN=Cc1cc(=O)[nH]c(=O)[nH]1. The monoisotopic (exact) mass is 393 g/mol. The molecule has 10 heteroatoms. The van der Waals surface area contributed by atoms with E-state index in [9.17, 15) is 19.2 Å². The van der Waals surface area contributed by atoms with Gasteiger partial charge in [-0.3, -0.25) is 19.4 Å². The summed E-state index contributed by atoms with van der Waals surface area (Å²) in [6, 6.07) is 7.89. The number of nitrogens with one attached hydrogen (secondary N) is 4. The molecule has 9 nitrogen and oxygen atoms in total. The van der Waals surface area contributed by atoms with Gasteiger partial charge in [-0.1, -0.05) is 12.1 Å². The van der Waals surface area contributed by atoms with Crippen molar-refractivity contribution in [3.63, 3.8) is 0 Å². The first-order valence-electron chi connectivity index (χ1n) is 6.64. The Morgan fingerprint density at radius 1 is 1.21 bits per heavy atom. The maximum absolute atomic E-state index is 11.9. The minimum Gasteiger partial charge on any atom is -0.343 e. The maximum Gasteiger partial charge on any atom is 0.326 e. The molecule has 24 heavy (non-hydrogen) atoms. The van der Waals surface area contributed by atoms with Crippen LogP contribution in [0.2, 0.25) is 0 Å². The molecule has 0 aliphatic heterocycles. The summed E-state index contributed by atoms with van der Waals surface area (Å²) < 4.78 is 0.610. The van der Waals surface area contributed by atoms with Crippen LogP contribution in [0.25, 0.3) is 0 Å². The number of rotatable bonds is 5. The fraction of sp³-hybridized carbons (Fsp3) is 0.0714. The second-order valence-corrected chi connectivity index (χ2v) is 5.35. The normalized spacial score (nSPS) is 10.5. The molecular weight excluding hydrogens is 382 g/mol. The van der Waals surface area contributed by atoms with Crippen molar-refractivity contribution in [3.8, 4) is 0 Å². The maximum atomic E-state index is 11.9. The van der Waals surface area contributed by atoms with Gasteiger partial charge in [-0.2, -0.15) is 5.10 Å². The van der Waals surface area contributed by atoms with Gasteiger partial charge in [0.15, 0.2) is 0 Å². The van der Waals surface area contributed by atoms with Gasteiger partial charge in [0.1, 0.15) is 0 Å². The third kappa shape index (κ3) is 5.02. The lowest BCUT2D eigenvalue weighted by Crippen LogP contribution is -2.35. The first-order valence-corrected chi connectivity index (χ1v) is 7.43. The van der Waals surface area contributed by atoms with Gasteiger partial charge in [0.2, 0.25) is 0 Å². The van der Waals surface area contributed by atoms with Crippen molar-refractivity contribution in [2.75, 3.05) is 6.54 Å². The van der Waals surface area contributed by atoms with Crippen molar-refractivity contribution in [1.29, 1.82) is 0 Å². The molecule has 1 aromatic carbocycles. The Morgan fingerprint density at radius 2 is 1.96 bits per heavy atom. The zero-order chi connectivity index (χ0) is 17.5. The van der Waals surface area contributed by atoms with E-state index in [1.165, 1.54) is 0 Å². The Hall–Kier alpha value is -3.01. The third-order valence-corrected chi connectivity index (χ3v) is 3.39. The Labute approximate surface area is 143 Å². The highest BCUT2D eigenvalue weighted by Gasteiger charge is 2.10. The van der Waals surface area contributed by atoms with Gasteiger partial charge in [-0.15, -0.1) is 0 Å². The van der Waals surface area contributed by atoms with Crippen molar-refractivity contribution in [3.05, 3.63) is 66.9 Å². The van der Waals surface area contributed by atoms with Crippen LogP contribution in [0.1, 0.15) is 16.1 Å². The lowest BCUT2D eigenvalue weighted by Gasteiger charge is -2.05. The number of carbonyl (C=O) groups excluding carboxylic acids is 2. The lowest BCUT2D eigenvalue weighted by molar-refractivity contribution is -0.120. The fourth-order valence-corrected chi connectivity index (χ4v) is 2.14. The van der Waals surface area contributed by atoms with Crippen LogP contribution < -0.4 is 22.0 Å². The number of hydrogen-bond donors (Lipinski definition) is 4. The highest BCUT2D eigenvalue weighted by molar-refractivity contribution is 9.10.